The predicted molar refractivity (Wildman–Crippen MR) is 86.3 cm³/mol. The van der Waals surface area contributed by atoms with Gasteiger partial charge in [-0.2, -0.15) is 15.1 Å². The largest absolute Gasteiger partial charge is 0.367 e. The normalized spacial score (nSPS) is 15.9. The van der Waals surface area contributed by atoms with Crippen LogP contribution in [0.1, 0.15) is 25.5 Å². The van der Waals surface area contributed by atoms with E-state index in [1.807, 2.05) is 25.3 Å². The molecular formula is C15H19N7. The molecular weight excluding hydrogens is 278 g/mol. The highest BCUT2D eigenvalue weighted by molar-refractivity contribution is 5.88. The van der Waals surface area contributed by atoms with E-state index in [2.05, 4.69) is 42.7 Å². The zero-order valence-electron chi connectivity index (χ0n) is 12.6. The van der Waals surface area contributed by atoms with Gasteiger partial charge in [-0.15, -0.1) is 0 Å². The fourth-order valence-corrected chi connectivity index (χ4v) is 2.63. The predicted octanol–water partition coefficient (Wildman–Crippen LogP) is 2.94. The Labute approximate surface area is 127 Å². The van der Waals surface area contributed by atoms with Gasteiger partial charge in [0.2, 0.25) is 5.95 Å². The third-order valence-corrected chi connectivity index (χ3v) is 4.06. The van der Waals surface area contributed by atoms with Gasteiger partial charge in [-0.05, 0) is 38.7 Å². The van der Waals surface area contributed by atoms with Crippen LogP contribution in [-0.4, -0.2) is 31.2 Å². The van der Waals surface area contributed by atoms with E-state index in [4.69, 9.17) is 0 Å². The van der Waals surface area contributed by atoms with E-state index in [9.17, 15) is 0 Å². The molecule has 22 heavy (non-hydrogen) atoms. The minimum absolute atomic E-state index is 0.425. The number of aromatic nitrogens is 5. The number of hydrogen-bond donors (Lipinski definition) is 4. The summed E-state index contributed by atoms with van der Waals surface area (Å²) in [4.78, 5) is 12.3. The van der Waals surface area contributed by atoms with E-state index in [1.54, 1.807) is 0 Å². The van der Waals surface area contributed by atoms with Crippen molar-refractivity contribution in [2.24, 2.45) is 5.92 Å². The Morgan fingerprint density at radius 1 is 1.32 bits per heavy atom. The Morgan fingerprint density at radius 2 is 2.18 bits per heavy atom. The fraction of sp³-hybridized carbons (Fsp3) is 0.400. The quantitative estimate of drug-likeness (QED) is 0.581. The molecule has 4 rings (SSSR count). The molecule has 1 saturated carbocycles. The molecule has 0 radical (unpaired) electrons. The van der Waals surface area contributed by atoms with Crippen LogP contribution in [0.15, 0.2) is 18.3 Å². The van der Waals surface area contributed by atoms with Crippen molar-refractivity contribution in [1.82, 2.24) is 25.1 Å². The van der Waals surface area contributed by atoms with Gasteiger partial charge in [-0.1, -0.05) is 0 Å². The summed E-state index contributed by atoms with van der Waals surface area (Å²) in [6.07, 6.45) is 4.48. The number of nitrogens with zero attached hydrogens (tertiary/aromatic N) is 3. The topological polar surface area (TPSA) is 94.3 Å². The summed E-state index contributed by atoms with van der Waals surface area (Å²) < 4.78 is 0. The number of aromatic amines is 2. The number of anilines is 3. The second-order valence-corrected chi connectivity index (χ2v) is 5.97. The lowest BCUT2D eigenvalue weighted by molar-refractivity contribution is 0.691. The molecule has 0 bridgehead atoms. The first-order valence-electron chi connectivity index (χ1n) is 7.60. The molecule has 0 aromatic carbocycles. The van der Waals surface area contributed by atoms with Crippen molar-refractivity contribution in [3.05, 3.63) is 24.0 Å². The molecule has 0 spiro atoms. The zero-order chi connectivity index (χ0) is 15.1. The summed E-state index contributed by atoms with van der Waals surface area (Å²) >= 11 is 0. The molecule has 1 aliphatic carbocycles. The van der Waals surface area contributed by atoms with Gasteiger partial charge in [0.1, 0.15) is 11.5 Å². The van der Waals surface area contributed by atoms with Crippen LogP contribution in [0.4, 0.5) is 17.6 Å². The van der Waals surface area contributed by atoms with E-state index in [1.165, 1.54) is 12.8 Å². The van der Waals surface area contributed by atoms with Crippen LogP contribution in [0.25, 0.3) is 11.0 Å². The van der Waals surface area contributed by atoms with Gasteiger partial charge in [-0.3, -0.25) is 5.10 Å². The highest BCUT2D eigenvalue weighted by Gasteiger charge is 2.28. The molecule has 7 heteroatoms. The fourth-order valence-electron chi connectivity index (χ4n) is 2.63. The van der Waals surface area contributed by atoms with Crippen molar-refractivity contribution in [3.63, 3.8) is 0 Å². The molecule has 0 amide bonds. The minimum atomic E-state index is 0.425. The van der Waals surface area contributed by atoms with E-state index in [0.717, 1.165) is 28.5 Å². The Bertz CT molecular complexity index is 799. The maximum atomic E-state index is 4.62. The molecule has 1 unspecified atom stereocenters. The molecule has 3 aromatic rings. The first-order chi connectivity index (χ1) is 10.7. The maximum Gasteiger partial charge on any atom is 0.232 e. The molecule has 1 fully saturated rings. The van der Waals surface area contributed by atoms with Gasteiger partial charge in [0, 0.05) is 24.0 Å². The van der Waals surface area contributed by atoms with Crippen LogP contribution in [0.5, 0.6) is 0 Å². The molecule has 1 aliphatic rings. The number of aryl methyl sites for hydroxylation is 1. The van der Waals surface area contributed by atoms with E-state index < -0.39 is 0 Å². The second-order valence-electron chi connectivity index (χ2n) is 5.97. The van der Waals surface area contributed by atoms with Crippen molar-refractivity contribution in [2.45, 2.75) is 32.7 Å². The number of nitrogens with one attached hydrogen (secondary N) is 4. The number of hydrogen-bond acceptors (Lipinski definition) is 5. The molecule has 0 aliphatic heterocycles. The number of fused-ring (bicyclic) bond motifs is 1. The molecule has 4 N–H and O–H groups in total. The molecule has 3 heterocycles. The highest BCUT2D eigenvalue weighted by atomic mass is 15.2. The molecule has 3 aromatic heterocycles. The lowest BCUT2D eigenvalue weighted by atomic mass is 10.2. The van der Waals surface area contributed by atoms with Crippen LogP contribution in [0, 0.1) is 12.8 Å². The van der Waals surface area contributed by atoms with Crippen molar-refractivity contribution >= 4 is 28.6 Å². The third kappa shape index (κ3) is 2.49. The molecule has 114 valence electrons. The smallest absolute Gasteiger partial charge is 0.232 e. The first-order valence-corrected chi connectivity index (χ1v) is 7.60. The summed E-state index contributed by atoms with van der Waals surface area (Å²) in [5.74, 6) is 2.87. The monoisotopic (exact) mass is 297 g/mol. The lowest BCUT2D eigenvalue weighted by Gasteiger charge is -2.15. The summed E-state index contributed by atoms with van der Waals surface area (Å²) in [5, 5.41) is 14.7. The van der Waals surface area contributed by atoms with Crippen LogP contribution >= 0.6 is 0 Å². The van der Waals surface area contributed by atoms with E-state index in [-0.39, 0.29) is 0 Å². The summed E-state index contributed by atoms with van der Waals surface area (Å²) in [6.45, 7) is 4.17. The Kier molecular flexibility index (Phi) is 2.99. The van der Waals surface area contributed by atoms with Crippen molar-refractivity contribution in [2.75, 3.05) is 10.6 Å². The lowest BCUT2D eigenvalue weighted by Crippen LogP contribution is -2.18. The highest BCUT2D eigenvalue weighted by Crippen LogP contribution is 2.34. The van der Waals surface area contributed by atoms with Gasteiger partial charge >= 0.3 is 0 Å². The summed E-state index contributed by atoms with van der Waals surface area (Å²) in [6, 6.07) is 4.34. The number of H-pyrrole nitrogens is 2. The Balaban J connectivity index is 1.66. The van der Waals surface area contributed by atoms with Crippen molar-refractivity contribution < 1.29 is 0 Å². The summed E-state index contributed by atoms with van der Waals surface area (Å²) in [5.41, 5.74) is 1.81. The Hall–Kier alpha value is -2.57. The third-order valence-electron chi connectivity index (χ3n) is 4.06. The average molecular weight is 297 g/mol. The molecule has 7 nitrogen and oxygen atoms in total. The minimum Gasteiger partial charge on any atom is -0.367 e. The molecule has 1 atom stereocenters. The Morgan fingerprint density at radius 3 is 2.91 bits per heavy atom. The van der Waals surface area contributed by atoms with E-state index in [0.29, 0.717) is 17.8 Å². The standard InChI is InChI=1S/C15H19N7/c1-8-7-12(22-21-8)18-15-19-13-11(5-6-16-13)14(20-15)17-9(2)10-3-4-10/h5-7,9-10H,3-4H2,1-2H3,(H4,16,17,18,19,20,21,22). The van der Waals surface area contributed by atoms with Crippen LogP contribution in [-0.2, 0) is 0 Å². The van der Waals surface area contributed by atoms with Crippen LogP contribution in [0.3, 0.4) is 0 Å². The van der Waals surface area contributed by atoms with E-state index >= 15 is 0 Å². The SMILES string of the molecule is Cc1cc(Nc2nc(NC(C)C3CC3)c3cc[nH]c3n2)n[nH]1. The van der Waals surface area contributed by atoms with Crippen LogP contribution < -0.4 is 10.6 Å². The van der Waals surface area contributed by atoms with Gasteiger partial charge in [0.05, 0.1) is 5.39 Å². The average Bonchev–Trinajstić information content (AvgIpc) is 3.11. The zero-order valence-corrected chi connectivity index (χ0v) is 12.6. The summed E-state index contributed by atoms with van der Waals surface area (Å²) in [7, 11) is 0. The van der Waals surface area contributed by atoms with Gasteiger partial charge in [0.15, 0.2) is 5.82 Å². The van der Waals surface area contributed by atoms with Crippen LogP contribution in [0.2, 0.25) is 0 Å². The van der Waals surface area contributed by atoms with Gasteiger partial charge in [-0.25, -0.2) is 0 Å². The van der Waals surface area contributed by atoms with Crippen molar-refractivity contribution in [3.8, 4) is 0 Å². The van der Waals surface area contributed by atoms with Gasteiger partial charge < -0.3 is 15.6 Å². The maximum absolute atomic E-state index is 4.62. The second kappa shape index (κ2) is 5.01. The number of rotatable bonds is 5. The van der Waals surface area contributed by atoms with Crippen molar-refractivity contribution in [1.29, 1.82) is 0 Å². The first kappa shape index (κ1) is 13.1. The van der Waals surface area contributed by atoms with Gasteiger partial charge in [0.25, 0.3) is 0 Å². The molecule has 0 saturated heterocycles.